The summed E-state index contributed by atoms with van der Waals surface area (Å²) in [5.41, 5.74) is 1.13. The standard InChI is InChI=1S/C19H31N3OS/c1-4-13(2)18(21-11-16-10-17(24)12-20-16)19(23)22-14(3)15-8-6-5-7-9-15/h5-9,13-14,16-18,20-21,24H,4,10-12H2,1-3H3,(H,22,23)/t13?,14?,16?,17?,18-/m0/s1. The molecular weight excluding hydrogens is 318 g/mol. The van der Waals surface area contributed by atoms with Crippen LogP contribution in [0.2, 0.25) is 0 Å². The molecule has 0 aliphatic carbocycles. The number of benzene rings is 1. The Morgan fingerprint density at radius 3 is 2.62 bits per heavy atom. The predicted octanol–water partition coefficient (Wildman–Crippen LogP) is 2.53. The van der Waals surface area contributed by atoms with Crippen molar-refractivity contribution < 1.29 is 4.79 Å². The maximum Gasteiger partial charge on any atom is 0.237 e. The monoisotopic (exact) mass is 349 g/mol. The van der Waals surface area contributed by atoms with Gasteiger partial charge in [-0.3, -0.25) is 4.79 Å². The molecule has 1 aliphatic heterocycles. The Morgan fingerprint density at radius 2 is 2.04 bits per heavy atom. The van der Waals surface area contributed by atoms with Gasteiger partial charge in [-0.15, -0.1) is 0 Å². The van der Waals surface area contributed by atoms with Crippen LogP contribution in [0.1, 0.15) is 45.2 Å². The van der Waals surface area contributed by atoms with Crippen molar-refractivity contribution in [3.63, 3.8) is 0 Å². The highest BCUT2D eigenvalue weighted by Crippen LogP contribution is 2.15. The van der Waals surface area contributed by atoms with Gasteiger partial charge in [0.25, 0.3) is 0 Å². The molecule has 4 unspecified atom stereocenters. The lowest BCUT2D eigenvalue weighted by Crippen LogP contribution is -2.51. The summed E-state index contributed by atoms with van der Waals surface area (Å²) in [6.45, 7) is 8.05. The van der Waals surface area contributed by atoms with Gasteiger partial charge in [-0.05, 0) is 24.8 Å². The number of rotatable bonds is 8. The molecule has 134 valence electrons. The van der Waals surface area contributed by atoms with E-state index in [1.165, 1.54) is 0 Å². The third-order valence-electron chi connectivity index (χ3n) is 4.94. The fraction of sp³-hybridized carbons (Fsp3) is 0.632. The first-order valence-corrected chi connectivity index (χ1v) is 9.53. The Labute approximate surface area is 151 Å². The largest absolute Gasteiger partial charge is 0.348 e. The molecule has 5 atom stereocenters. The molecule has 4 nitrogen and oxygen atoms in total. The summed E-state index contributed by atoms with van der Waals surface area (Å²) in [4.78, 5) is 12.8. The van der Waals surface area contributed by atoms with Gasteiger partial charge in [-0.2, -0.15) is 12.6 Å². The Bertz CT molecular complexity index is 511. The zero-order valence-electron chi connectivity index (χ0n) is 15.0. The van der Waals surface area contributed by atoms with Gasteiger partial charge in [0.05, 0.1) is 12.1 Å². The van der Waals surface area contributed by atoms with E-state index in [1.807, 2.05) is 37.3 Å². The second-order valence-electron chi connectivity index (χ2n) is 6.91. The number of nitrogens with one attached hydrogen (secondary N) is 3. The van der Waals surface area contributed by atoms with Crippen LogP contribution in [0.25, 0.3) is 0 Å². The molecule has 1 heterocycles. The molecule has 1 fully saturated rings. The topological polar surface area (TPSA) is 53.2 Å². The number of carbonyl (C=O) groups is 1. The van der Waals surface area contributed by atoms with Crippen LogP contribution in [0.15, 0.2) is 30.3 Å². The van der Waals surface area contributed by atoms with Crippen LogP contribution in [0.3, 0.4) is 0 Å². The van der Waals surface area contributed by atoms with Crippen molar-refractivity contribution in [3.05, 3.63) is 35.9 Å². The van der Waals surface area contributed by atoms with Gasteiger partial charge in [0.2, 0.25) is 5.91 Å². The van der Waals surface area contributed by atoms with Crippen molar-refractivity contribution in [1.82, 2.24) is 16.0 Å². The zero-order valence-corrected chi connectivity index (χ0v) is 15.9. The minimum atomic E-state index is -0.165. The minimum Gasteiger partial charge on any atom is -0.348 e. The Morgan fingerprint density at radius 1 is 1.33 bits per heavy atom. The van der Waals surface area contributed by atoms with Crippen LogP contribution in [0.5, 0.6) is 0 Å². The van der Waals surface area contributed by atoms with E-state index >= 15 is 0 Å². The van der Waals surface area contributed by atoms with E-state index in [2.05, 4.69) is 42.4 Å². The molecule has 1 saturated heterocycles. The number of thiol groups is 1. The normalized spacial score (nSPS) is 24.3. The third kappa shape index (κ3) is 5.50. The van der Waals surface area contributed by atoms with Gasteiger partial charge >= 0.3 is 0 Å². The van der Waals surface area contributed by atoms with Crippen LogP contribution in [-0.4, -0.2) is 36.3 Å². The number of amides is 1. The first-order valence-electron chi connectivity index (χ1n) is 9.01. The maximum absolute atomic E-state index is 12.8. The Balaban J connectivity index is 1.92. The second kappa shape index (κ2) is 9.44. The van der Waals surface area contributed by atoms with E-state index in [1.54, 1.807) is 0 Å². The summed E-state index contributed by atoms with van der Waals surface area (Å²) in [6.07, 6.45) is 2.02. The van der Waals surface area contributed by atoms with Gasteiger partial charge < -0.3 is 16.0 Å². The van der Waals surface area contributed by atoms with E-state index in [4.69, 9.17) is 0 Å². The minimum absolute atomic E-state index is 0.0125. The highest BCUT2D eigenvalue weighted by Gasteiger charge is 2.27. The van der Waals surface area contributed by atoms with Crippen molar-refractivity contribution in [1.29, 1.82) is 0 Å². The van der Waals surface area contributed by atoms with Crippen LogP contribution in [0.4, 0.5) is 0 Å². The lowest BCUT2D eigenvalue weighted by Gasteiger charge is -2.27. The summed E-state index contributed by atoms with van der Waals surface area (Å²) in [5.74, 6) is 0.377. The Kier molecular flexibility index (Phi) is 7.59. The quantitative estimate of drug-likeness (QED) is 0.546. The van der Waals surface area contributed by atoms with E-state index in [-0.39, 0.29) is 18.0 Å². The van der Waals surface area contributed by atoms with Crippen LogP contribution < -0.4 is 16.0 Å². The number of hydrogen-bond donors (Lipinski definition) is 4. The highest BCUT2D eigenvalue weighted by atomic mass is 32.1. The third-order valence-corrected chi connectivity index (χ3v) is 5.33. The SMILES string of the molecule is CCC(C)[C@H](NCC1CC(S)CN1)C(=O)NC(C)c1ccccc1. The second-order valence-corrected chi connectivity index (χ2v) is 7.64. The van der Waals surface area contributed by atoms with E-state index < -0.39 is 0 Å². The molecule has 1 amide bonds. The zero-order chi connectivity index (χ0) is 17.5. The summed E-state index contributed by atoms with van der Waals surface area (Å²) in [6, 6.07) is 10.3. The highest BCUT2D eigenvalue weighted by molar-refractivity contribution is 7.81. The molecule has 0 radical (unpaired) electrons. The lowest BCUT2D eigenvalue weighted by atomic mass is 9.97. The smallest absolute Gasteiger partial charge is 0.237 e. The van der Waals surface area contributed by atoms with Crippen molar-refractivity contribution in [2.45, 2.75) is 57.0 Å². The van der Waals surface area contributed by atoms with Crippen LogP contribution in [-0.2, 0) is 4.79 Å². The molecule has 2 rings (SSSR count). The molecule has 1 aliphatic rings. The van der Waals surface area contributed by atoms with Crippen molar-refractivity contribution in [3.8, 4) is 0 Å². The molecular formula is C19H31N3OS. The lowest BCUT2D eigenvalue weighted by molar-refractivity contribution is -0.125. The fourth-order valence-electron chi connectivity index (χ4n) is 3.14. The Hall–Kier alpha value is -1.04. The predicted molar refractivity (Wildman–Crippen MR) is 103 cm³/mol. The average Bonchev–Trinajstić information content (AvgIpc) is 3.00. The maximum atomic E-state index is 12.8. The first kappa shape index (κ1) is 19.3. The molecule has 1 aromatic carbocycles. The van der Waals surface area contributed by atoms with Gasteiger partial charge in [0.15, 0.2) is 0 Å². The van der Waals surface area contributed by atoms with E-state index in [0.29, 0.717) is 17.2 Å². The molecule has 0 aromatic heterocycles. The van der Waals surface area contributed by atoms with Gasteiger partial charge in [-0.1, -0.05) is 50.6 Å². The molecule has 0 spiro atoms. The van der Waals surface area contributed by atoms with Gasteiger partial charge in [0, 0.05) is 24.4 Å². The van der Waals surface area contributed by atoms with Crippen molar-refractivity contribution >= 4 is 18.5 Å². The summed E-state index contributed by atoms with van der Waals surface area (Å²) in [7, 11) is 0. The fourth-order valence-corrected chi connectivity index (χ4v) is 3.50. The molecule has 24 heavy (non-hydrogen) atoms. The summed E-state index contributed by atoms with van der Waals surface area (Å²) < 4.78 is 0. The van der Waals surface area contributed by atoms with Gasteiger partial charge in [0.1, 0.15) is 0 Å². The van der Waals surface area contributed by atoms with Gasteiger partial charge in [-0.25, -0.2) is 0 Å². The number of carbonyl (C=O) groups excluding carboxylic acids is 1. The summed E-state index contributed by atoms with van der Waals surface area (Å²) in [5, 5.41) is 10.5. The molecule has 3 N–H and O–H groups in total. The average molecular weight is 350 g/mol. The van der Waals surface area contributed by atoms with E-state index in [9.17, 15) is 4.79 Å². The van der Waals surface area contributed by atoms with Crippen LogP contribution >= 0.6 is 12.6 Å². The molecule has 5 heteroatoms. The molecule has 0 bridgehead atoms. The summed E-state index contributed by atoms with van der Waals surface area (Å²) >= 11 is 4.51. The molecule has 0 saturated carbocycles. The number of hydrogen-bond acceptors (Lipinski definition) is 4. The first-order chi connectivity index (χ1) is 11.5. The molecule has 1 aromatic rings. The van der Waals surface area contributed by atoms with Crippen LogP contribution in [0, 0.1) is 5.92 Å². The van der Waals surface area contributed by atoms with E-state index in [0.717, 1.165) is 31.5 Å². The van der Waals surface area contributed by atoms with Crippen molar-refractivity contribution in [2.24, 2.45) is 5.92 Å². The van der Waals surface area contributed by atoms with Crippen molar-refractivity contribution in [2.75, 3.05) is 13.1 Å².